The summed E-state index contributed by atoms with van der Waals surface area (Å²) in [5.74, 6) is 1.26. The molecule has 124 valence electrons. The maximum absolute atomic E-state index is 6.12. The van der Waals surface area contributed by atoms with Gasteiger partial charge in [-0.05, 0) is 26.0 Å². The molecule has 2 heterocycles. The fraction of sp³-hybridized carbons (Fsp3) is 0.105. The van der Waals surface area contributed by atoms with E-state index in [0.717, 1.165) is 32.4 Å². The number of aryl methyl sites for hydroxylation is 1. The first kappa shape index (κ1) is 15.7. The standard InChI is InChI=1S/C19H17N5S/c1-12-13(2)21-19-22-17(14-8-4-3-5-9-14)23-24(19)18(12)25-16-11-7-6-10-15(16)20/h3-11H,20H2,1-2H3. The second-order valence-electron chi connectivity index (χ2n) is 5.78. The summed E-state index contributed by atoms with van der Waals surface area (Å²) in [7, 11) is 0. The highest BCUT2D eigenvalue weighted by molar-refractivity contribution is 7.99. The molecule has 0 spiro atoms. The van der Waals surface area contributed by atoms with Crippen LogP contribution in [-0.4, -0.2) is 19.6 Å². The van der Waals surface area contributed by atoms with E-state index in [4.69, 9.17) is 10.8 Å². The summed E-state index contributed by atoms with van der Waals surface area (Å²) >= 11 is 1.59. The average Bonchev–Trinajstić information content (AvgIpc) is 3.05. The molecule has 0 fully saturated rings. The molecule has 0 bridgehead atoms. The highest BCUT2D eigenvalue weighted by Crippen LogP contribution is 2.34. The van der Waals surface area contributed by atoms with E-state index in [2.05, 4.69) is 9.97 Å². The van der Waals surface area contributed by atoms with E-state index in [9.17, 15) is 0 Å². The van der Waals surface area contributed by atoms with Crippen LogP contribution in [0.2, 0.25) is 0 Å². The minimum atomic E-state index is 0.596. The first-order valence-corrected chi connectivity index (χ1v) is 8.77. The fourth-order valence-corrected chi connectivity index (χ4v) is 3.62. The quantitative estimate of drug-likeness (QED) is 0.445. The minimum absolute atomic E-state index is 0.596. The largest absolute Gasteiger partial charge is 0.398 e. The van der Waals surface area contributed by atoms with Crippen molar-refractivity contribution in [1.82, 2.24) is 19.6 Å². The molecule has 0 saturated carbocycles. The van der Waals surface area contributed by atoms with Gasteiger partial charge in [0.25, 0.3) is 5.78 Å². The number of rotatable bonds is 3. The molecule has 0 amide bonds. The molecule has 0 aliphatic carbocycles. The Morgan fingerprint density at radius 3 is 2.40 bits per heavy atom. The molecular formula is C19H17N5S. The Hall–Kier alpha value is -2.86. The molecule has 4 rings (SSSR count). The number of para-hydroxylation sites is 1. The van der Waals surface area contributed by atoms with Gasteiger partial charge in [-0.25, -0.2) is 4.98 Å². The topological polar surface area (TPSA) is 69.1 Å². The van der Waals surface area contributed by atoms with Gasteiger partial charge in [-0.3, -0.25) is 0 Å². The van der Waals surface area contributed by atoms with Crippen molar-refractivity contribution in [1.29, 1.82) is 0 Å². The van der Waals surface area contributed by atoms with Gasteiger partial charge in [0.05, 0.1) is 0 Å². The Balaban J connectivity index is 1.89. The molecule has 0 aliphatic rings. The maximum atomic E-state index is 6.12. The Morgan fingerprint density at radius 1 is 0.920 bits per heavy atom. The van der Waals surface area contributed by atoms with Crippen LogP contribution < -0.4 is 5.73 Å². The van der Waals surface area contributed by atoms with Crippen molar-refractivity contribution in [3.63, 3.8) is 0 Å². The molecule has 0 saturated heterocycles. The van der Waals surface area contributed by atoms with E-state index in [1.165, 1.54) is 0 Å². The van der Waals surface area contributed by atoms with Crippen LogP contribution >= 0.6 is 11.8 Å². The van der Waals surface area contributed by atoms with Crippen LogP contribution in [0.25, 0.3) is 17.2 Å². The van der Waals surface area contributed by atoms with Crippen molar-refractivity contribution in [2.24, 2.45) is 0 Å². The van der Waals surface area contributed by atoms with Gasteiger partial charge in [0.15, 0.2) is 5.82 Å². The summed E-state index contributed by atoms with van der Waals surface area (Å²) in [4.78, 5) is 10.2. The normalized spacial score (nSPS) is 11.1. The van der Waals surface area contributed by atoms with Crippen molar-refractivity contribution >= 4 is 23.2 Å². The molecule has 5 nitrogen and oxygen atoms in total. The van der Waals surface area contributed by atoms with Crippen molar-refractivity contribution < 1.29 is 0 Å². The van der Waals surface area contributed by atoms with Crippen LogP contribution in [-0.2, 0) is 0 Å². The predicted molar refractivity (Wildman–Crippen MR) is 101 cm³/mol. The lowest BCUT2D eigenvalue weighted by molar-refractivity contribution is 0.816. The number of nitrogens with zero attached hydrogens (tertiary/aromatic N) is 4. The molecule has 0 unspecified atom stereocenters. The molecule has 0 radical (unpaired) electrons. The molecule has 2 aromatic heterocycles. The third kappa shape index (κ3) is 2.85. The van der Waals surface area contributed by atoms with Gasteiger partial charge in [-0.2, -0.15) is 9.50 Å². The fourth-order valence-electron chi connectivity index (χ4n) is 2.57. The Kier molecular flexibility index (Phi) is 3.89. The van der Waals surface area contributed by atoms with Crippen molar-refractivity contribution in [3.8, 4) is 11.4 Å². The zero-order chi connectivity index (χ0) is 17.4. The van der Waals surface area contributed by atoms with E-state index in [1.807, 2.05) is 73.0 Å². The second-order valence-corrected chi connectivity index (χ2v) is 6.81. The van der Waals surface area contributed by atoms with Crippen LogP contribution in [0.4, 0.5) is 5.69 Å². The number of nitrogen functional groups attached to an aromatic ring is 1. The van der Waals surface area contributed by atoms with Gasteiger partial charge in [0.1, 0.15) is 5.03 Å². The zero-order valence-electron chi connectivity index (χ0n) is 14.0. The SMILES string of the molecule is Cc1nc2nc(-c3ccccc3)nn2c(Sc2ccccc2N)c1C. The Bertz CT molecular complexity index is 1060. The number of hydrogen-bond donors (Lipinski definition) is 1. The highest BCUT2D eigenvalue weighted by Gasteiger charge is 2.16. The maximum Gasteiger partial charge on any atom is 0.254 e. The summed E-state index contributed by atoms with van der Waals surface area (Å²) in [6.45, 7) is 4.04. The third-order valence-electron chi connectivity index (χ3n) is 4.07. The van der Waals surface area contributed by atoms with Crippen LogP contribution in [0.5, 0.6) is 0 Å². The lowest BCUT2D eigenvalue weighted by Crippen LogP contribution is -2.02. The lowest BCUT2D eigenvalue weighted by Gasteiger charge is -2.10. The van der Waals surface area contributed by atoms with Gasteiger partial charge >= 0.3 is 0 Å². The van der Waals surface area contributed by atoms with Gasteiger partial charge in [-0.1, -0.05) is 54.2 Å². The number of hydrogen-bond acceptors (Lipinski definition) is 5. The molecule has 25 heavy (non-hydrogen) atoms. The summed E-state index contributed by atoms with van der Waals surface area (Å²) in [6, 6.07) is 17.8. The second kappa shape index (κ2) is 6.22. The molecular weight excluding hydrogens is 330 g/mol. The first-order chi connectivity index (χ1) is 12.1. The molecule has 0 atom stereocenters. The van der Waals surface area contributed by atoms with Gasteiger partial charge in [0, 0.05) is 27.4 Å². The highest BCUT2D eigenvalue weighted by atomic mass is 32.2. The predicted octanol–water partition coefficient (Wildman–Crippen LogP) is 4.14. The van der Waals surface area contributed by atoms with Crippen molar-refractivity contribution in [2.75, 3.05) is 5.73 Å². The number of anilines is 1. The van der Waals surface area contributed by atoms with Gasteiger partial charge in [0.2, 0.25) is 0 Å². The zero-order valence-corrected chi connectivity index (χ0v) is 14.8. The monoisotopic (exact) mass is 347 g/mol. The molecule has 2 N–H and O–H groups in total. The number of nitrogens with two attached hydrogens (primary N) is 1. The minimum Gasteiger partial charge on any atom is -0.398 e. The summed E-state index contributed by atoms with van der Waals surface area (Å²) in [6.07, 6.45) is 0. The van der Waals surface area contributed by atoms with Crippen LogP contribution in [0.1, 0.15) is 11.3 Å². The summed E-state index contributed by atoms with van der Waals surface area (Å²) < 4.78 is 1.81. The number of fused-ring (bicyclic) bond motifs is 1. The van der Waals surface area contributed by atoms with Gasteiger partial charge < -0.3 is 5.73 Å². The van der Waals surface area contributed by atoms with Crippen LogP contribution in [0.3, 0.4) is 0 Å². The lowest BCUT2D eigenvalue weighted by atomic mass is 10.2. The molecule has 0 aliphatic heterocycles. The van der Waals surface area contributed by atoms with Crippen molar-refractivity contribution in [3.05, 3.63) is 65.9 Å². The molecule has 6 heteroatoms. The number of aromatic nitrogens is 4. The first-order valence-electron chi connectivity index (χ1n) is 7.95. The Morgan fingerprint density at radius 2 is 1.64 bits per heavy atom. The van der Waals surface area contributed by atoms with Crippen LogP contribution in [0.15, 0.2) is 64.5 Å². The third-order valence-corrected chi connectivity index (χ3v) is 5.34. The number of benzene rings is 2. The van der Waals surface area contributed by atoms with E-state index in [1.54, 1.807) is 11.8 Å². The van der Waals surface area contributed by atoms with Crippen molar-refractivity contribution in [2.45, 2.75) is 23.8 Å². The summed E-state index contributed by atoms with van der Waals surface area (Å²) in [5, 5.41) is 5.67. The van der Waals surface area contributed by atoms with Gasteiger partial charge in [-0.15, -0.1) is 5.10 Å². The van der Waals surface area contributed by atoms with E-state index < -0.39 is 0 Å². The smallest absolute Gasteiger partial charge is 0.254 e. The average molecular weight is 347 g/mol. The molecule has 2 aromatic carbocycles. The van der Waals surface area contributed by atoms with E-state index >= 15 is 0 Å². The summed E-state index contributed by atoms with van der Waals surface area (Å²) in [5.41, 5.74) is 9.85. The molecule has 4 aromatic rings. The Labute approximate surface area is 149 Å². The van der Waals surface area contributed by atoms with E-state index in [0.29, 0.717) is 11.6 Å². The van der Waals surface area contributed by atoms with E-state index in [-0.39, 0.29) is 0 Å². The van der Waals surface area contributed by atoms with Crippen LogP contribution in [0, 0.1) is 13.8 Å².